The summed E-state index contributed by atoms with van der Waals surface area (Å²) >= 11 is 0. The molecule has 2 N–H and O–H groups in total. The molecule has 84 valence electrons. The smallest absolute Gasteiger partial charge is 0.165 e. The molecule has 0 aliphatic heterocycles. The zero-order valence-electron chi connectivity index (χ0n) is 8.77. The summed E-state index contributed by atoms with van der Waals surface area (Å²) in [5.74, 6) is -0.449. The first-order chi connectivity index (χ1) is 7.04. The van der Waals surface area contributed by atoms with Crippen molar-refractivity contribution in [3.63, 3.8) is 0 Å². The van der Waals surface area contributed by atoms with Gasteiger partial charge in [-0.1, -0.05) is 6.07 Å². The highest BCUT2D eigenvalue weighted by molar-refractivity contribution is 5.29. The number of ether oxygens (including phenoxy) is 1. The molecule has 0 amide bonds. The zero-order chi connectivity index (χ0) is 11.4. The van der Waals surface area contributed by atoms with Gasteiger partial charge in [0.1, 0.15) is 6.10 Å². The van der Waals surface area contributed by atoms with E-state index in [1.54, 1.807) is 19.9 Å². The number of hydrogen-bond acceptors (Lipinski definition) is 3. The third kappa shape index (κ3) is 3.18. The third-order valence-corrected chi connectivity index (χ3v) is 2.17. The van der Waals surface area contributed by atoms with Crippen LogP contribution in [0.5, 0.6) is 5.75 Å². The van der Waals surface area contributed by atoms with E-state index in [2.05, 4.69) is 0 Å². The lowest BCUT2D eigenvalue weighted by atomic mass is 10.2. The highest BCUT2D eigenvalue weighted by Gasteiger charge is 2.13. The molecule has 2 unspecified atom stereocenters. The first kappa shape index (κ1) is 11.9. The Labute approximate surface area is 88.1 Å². The molecule has 4 heteroatoms. The number of aliphatic hydroxyl groups excluding tert-OH is 2. The fourth-order valence-electron chi connectivity index (χ4n) is 1.04. The molecule has 0 aliphatic rings. The van der Waals surface area contributed by atoms with Crippen LogP contribution in [-0.2, 0) is 6.61 Å². The molecule has 2 atom stereocenters. The summed E-state index contributed by atoms with van der Waals surface area (Å²) in [6.07, 6.45) is -1.14. The van der Waals surface area contributed by atoms with Gasteiger partial charge >= 0.3 is 0 Å². The summed E-state index contributed by atoms with van der Waals surface area (Å²) in [5, 5.41) is 18.0. The molecule has 0 saturated heterocycles. The van der Waals surface area contributed by atoms with Crippen LogP contribution in [0.2, 0.25) is 0 Å². The third-order valence-electron chi connectivity index (χ3n) is 2.17. The van der Waals surface area contributed by atoms with Gasteiger partial charge in [-0.25, -0.2) is 4.39 Å². The summed E-state index contributed by atoms with van der Waals surface area (Å²) in [5.41, 5.74) is 0.490. The van der Waals surface area contributed by atoms with Crippen molar-refractivity contribution in [2.75, 3.05) is 0 Å². The number of benzene rings is 1. The van der Waals surface area contributed by atoms with E-state index in [-0.39, 0.29) is 12.4 Å². The van der Waals surface area contributed by atoms with Crippen molar-refractivity contribution in [3.05, 3.63) is 29.6 Å². The van der Waals surface area contributed by atoms with Gasteiger partial charge in [-0.15, -0.1) is 0 Å². The second-order valence-corrected chi connectivity index (χ2v) is 3.49. The Morgan fingerprint density at radius 1 is 1.40 bits per heavy atom. The van der Waals surface area contributed by atoms with Crippen molar-refractivity contribution in [1.82, 2.24) is 0 Å². The Kier molecular flexibility index (Phi) is 4.05. The van der Waals surface area contributed by atoms with Gasteiger partial charge in [0, 0.05) is 0 Å². The molecule has 1 aromatic rings. The van der Waals surface area contributed by atoms with Crippen LogP contribution in [0.4, 0.5) is 4.39 Å². The van der Waals surface area contributed by atoms with Gasteiger partial charge in [0.05, 0.1) is 12.7 Å². The van der Waals surface area contributed by atoms with E-state index in [0.29, 0.717) is 5.56 Å². The molecule has 0 radical (unpaired) electrons. The average molecular weight is 214 g/mol. The van der Waals surface area contributed by atoms with Gasteiger partial charge in [-0.3, -0.25) is 0 Å². The van der Waals surface area contributed by atoms with E-state index in [0.717, 1.165) is 0 Å². The lowest BCUT2D eigenvalue weighted by molar-refractivity contribution is 0.0578. The van der Waals surface area contributed by atoms with E-state index < -0.39 is 18.0 Å². The van der Waals surface area contributed by atoms with Crippen molar-refractivity contribution in [3.8, 4) is 5.75 Å². The van der Waals surface area contributed by atoms with Gasteiger partial charge in [0.25, 0.3) is 0 Å². The van der Waals surface area contributed by atoms with Crippen LogP contribution < -0.4 is 4.74 Å². The number of hydrogen-bond donors (Lipinski definition) is 2. The monoisotopic (exact) mass is 214 g/mol. The quantitative estimate of drug-likeness (QED) is 0.797. The van der Waals surface area contributed by atoms with Crippen LogP contribution >= 0.6 is 0 Å². The van der Waals surface area contributed by atoms with Crippen LogP contribution in [0.1, 0.15) is 19.4 Å². The first-order valence-corrected chi connectivity index (χ1v) is 4.78. The average Bonchev–Trinajstić information content (AvgIpc) is 2.20. The van der Waals surface area contributed by atoms with Gasteiger partial charge < -0.3 is 14.9 Å². The Balaban J connectivity index is 2.78. The standard InChI is InChI=1S/C11H15FO3/c1-7(14)8(2)15-11-4-3-9(6-13)5-10(11)12/h3-5,7-8,13-14H,6H2,1-2H3. The highest BCUT2D eigenvalue weighted by Crippen LogP contribution is 2.20. The molecule has 0 bridgehead atoms. The fraction of sp³-hybridized carbons (Fsp3) is 0.455. The highest BCUT2D eigenvalue weighted by atomic mass is 19.1. The summed E-state index contributed by atoms with van der Waals surface area (Å²) < 4.78 is 18.5. The van der Waals surface area contributed by atoms with E-state index in [9.17, 15) is 9.50 Å². The number of halogens is 1. The fourth-order valence-corrected chi connectivity index (χ4v) is 1.04. The molecule has 0 aromatic heterocycles. The second kappa shape index (κ2) is 5.09. The maximum absolute atomic E-state index is 13.3. The van der Waals surface area contributed by atoms with Crippen molar-refractivity contribution >= 4 is 0 Å². The summed E-state index contributed by atoms with van der Waals surface area (Å²) in [6.45, 7) is 3.03. The van der Waals surface area contributed by atoms with E-state index in [4.69, 9.17) is 9.84 Å². The zero-order valence-corrected chi connectivity index (χ0v) is 8.77. The molecule has 0 saturated carbocycles. The minimum absolute atomic E-state index is 0.0839. The molecule has 1 rings (SSSR count). The molecule has 0 heterocycles. The minimum atomic E-state index is -0.665. The van der Waals surface area contributed by atoms with E-state index in [1.807, 2.05) is 0 Å². The van der Waals surface area contributed by atoms with Gasteiger partial charge in [-0.2, -0.15) is 0 Å². The van der Waals surface area contributed by atoms with Crippen LogP contribution in [0, 0.1) is 5.82 Å². The maximum atomic E-state index is 13.3. The summed E-state index contributed by atoms with van der Waals surface area (Å²) in [7, 11) is 0. The van der Waals surface area contributed by atoms with Crippen LogP contribution in [0.25, 0.3) is 0 Å². The number of rotatable bonds is 4. The van der Waals surface area contributed by atoms with Gasteiger partial charge in [0.15, 0.2) is 11.6 Å². The van der Waals surface area contributed by atoms with Crippen molar-refractivity contribution in [1.29, 1.82) is 0 Å². The minimum Gasteiger partial charge on any atom is -0.485 e. The molecular weight excluding hydrogens is 199 g/mol. The van der Waals surface area contributed by atoms with Crippen molar-refractivity contribution in [2.45, 2.75) is 32.7 Å². The number of aliphatic hydroxyl groups is 2. The second-order valence-electron chi connectivity index (χ2n) is 3.49. The molecule has 0 spiro atoms. The van der Waals surface area contributed by atoms with Gasteiger partial charge in [-0.05, 0) is 31.5 Å². The summed E-state index contributed by atoms with van der Waals surface area (Å²) in [4.78, 5) is 0. The van der Waals surface area contributed by atoms with Crippen LogP contribution in [0.3, 0.4) is 0 Å². The topological polar surface area (TPSA) is 49.7 Å². The van der Waals surface area contributed by atoms with E-state index >= 15 is 0 Å². The SMILES string of the molecule is CC(O)C(C)Oc1ccc(CO)cc1F. The Bertz CT molecular complexity index is 326. The Morgan fingerprint density at radius 3 is 2.53 bits per heavy atom. The van der Waals surface area contributed by atoms with Crippen molar-refractivity contribution in [2.24, 2.45) is 0 Å². The Hall–Kier alpha value is -1.13. The molecule has 3 nitrogen and oxygen atoms in total. The van der Waals surface area contributed by atoms with Crippen molar-refractivity contribution < 1.29 is 19.3 Å². The lowest BCUT2D eigenvalue weighted by Crippen LogP contribution is -2.25. The lowest BCUT2D eigenvalue weighted by Gasteiger charge is -2.17. The van der Waals surface area contributed by atoms with Gasteiger partial charge in [0.2, 0.25) is 0 Å². The predicted octanol–water partition coefficient (Wildman–Crippen LogP) is 1.47. The molecule has 15 heavy (non-hydrogen) atoms. The maximum Gasteiger partial charge on any atom is 0.165 e. The van der Waals surface area contributed by atoms with Crippen LogP contribution in [-0.4, -0.2) is 22.4 Å². The predicted molar refractivity (Wildman–Crippen MR) is 54.1 cm³/mol. The largest absolute Gasteiger partial charge is 0.485 e. The molecule has 0 aliphatic carbocycles. The molecule has 1 aromatic carbocycles. The van der Waals surface area contributed by atoms with E-state index in [1.165, 1.54) is 12.1 Å². The summed E-state index contributed by atoms with van der Waals surface area (Å²) in [6, 6.07) is 4.23. The normalized spacial score (nSPS) is 14.7. The Morgan fingerprint density at radius 2 is 2.07 bits per heavy atom. The molecular formula is C11H15FO3. The molecule has 0 fully saturated rings. The first-order valence-electron chi connectivity index (χ1n) is 4.78. The van der Waals surface area contributed by atoms with Crippen LogP contribution in [0.15, 0.2) is 18.2 Å².